The number of carbonyl (C=O) groups excluding carboxylic acids is 1. The fourth-order valence-corrected chi connectivity index (χ4v) is 4.20. The number of halogens is 3. The quantitative estimate of drug-likeness (QED) is 0.430. The van der Waals surface area contributed by atoms with E-state index in [0.29, 0.717) is 5.56 Å². The predicted octanol–water partition coefficient (Wildman–Crippen LogP) is 5.96. The predicted molar refractivity (Wildman–Crippen MR) is 117 cm³/mol. The van der Waals surface area contributed by atoms with Crippen LogP contribution in [0.15, 0.2) is 84.9 Å². The number of nitrogens with zero attached hydrogens (tertiary/aromatic N) is 1. The van der Waals surface area contributed by atoms with E-state index in [1.807, 2.05) is 60.7 Å². The van der Waals surface area contributed by atoms with Crippen molar-refractivity contribution in [3.8, 4) is 0 Å². The van der Waals surface area contributed by atoms with Crippen LogP contribution in [-0.4, -0.2) is 24.2 Å². The summed E-state index contributed by atoms with van der Waals surface area (Å²) in [5, 5.41) is 1.72. The summed E-state index contributed by atoms with van der Waals surface area (Å²) in [6, 6.07) is 23.2. The summed E-state index contributed by atoms with van der Waals surface area (Å²) in [6.45, 7) is 1.99. The second-order valence-electron chi connectivity index (χ2n) is 7.80. The Morgan fingerprint density at radius 2 is 1.52 bits per heavy atom. The van der Waals surface area contributed by atoms with E-state index in [1.165, 1.54) is 12.1 Å². The minimum atomic E-state index is -4.44. The fourth-order valence-electron chi connectivity index (χ4n) is 4.20. The first-order valence-corrected chi connectivity index (χ1v) is 10.7. The summed E-state index contributed by atoms with van der Waals surface area (Å²) in [7, 11) is 0. The SMILES string of the molecule is CCOC(=O)C1CON(C(c2ccccc2)c2ccccc2)C1c1ccc(C(F)(F)F)cc1. The van der Waals surface area contributed by atoms with Crippen LogP contribution in [0, 0.1) is 5.92 Å². The summed E-state index contributed by atoms with van der Waals surface area (Å²) in [5.74, 6) is -1.12. The van der Waals surface area contributed by atoms with Crippen molar-refractivity contribution in [3.05, 3.63) is 107 Å². The molecule has 4 nitrogen and oxygen atoms in total. The number of carbonyl (C=O) groups is 1. The Kier molecular flexibility index (Phi) is 6.81. The van der Waals surface area contributed by atoms with Crippen molar-refractivity contribution in [1.82, 2.24) is 5.06 Å². The van der Waals surface area contributed by atoms with Crippen molar-refractivity contribution in [2.75, 3.05) is 13.2 Å². The summed E-state index contributed by atoms with van der Waals surface area (Å²) in [5.41, 5.74) is 1.68. The van der Waals surface area contributed by atoms with Crippen LogP contribution in [0.1, 0.15) is 41.3 Å². The molecule has 7 heteroatoms. The Balaban J connectivity index is 1.79. The van der Waals surface area contributed by atoms with E-state index in [2.05, 4.69) is 0 Å². The third-order valence-corrected chi connectivity index (χ3v) is 5.71. The summed E-state index contributed by atoms with van der Waals surface area (Å²) >= 11 is 0. The molecule has 33 heavy (non-hydrogen) atoms. The number of ether oxygens (including phenoxy) is 1. The van der Waals surface area contributed by atoms with Crippen LogP contribution < -0.4 is 0 Å². The average Bonchev–Trinajstić information content (AvgIpc) is 3.25. The molecule has 0 radical (unpaired) electrons. The third-order valence-electron chi connectivity index (χ3n) is 5.71. The molecule has 0 amide bonds. The highest BCUT2D eigenvalue weighted by atomic mass is 19.4. The van der Waals surface area contributed by atoms with Gasteiger partial charge in [0.1, 0.15) is 5.92 Å². The van der Waals surface area contributed by atoms with E-state index in [9.17, 15) is 18.0 Å². The van der Waals surface area contributed by atoms with Gasteiger partial charge in [-0.2, -0.15) is 18.2 Å². The van der Waals surface area contributed by atoms with Gasteiger partial charge in [-0.15, -0.1) is 0 Å². The minimum Gasteiger partial charge on any atom is -0.466 e. The number of esters is 1. The molecule has 3 aromatic rings. The van der Waals surface area contributed by atoms with Crippen LogP contribution in [0.2, 0.25) is 0 Å². The van der Waals surface area contributed by atoms with Crippen molar-refractivity contribution in [2.24, 2.45) is 5.92 Å². The molecule has 172 valence electrons. The highest BCUT2D eigenvalue weighted by Crippen LogP contribution is 2.44. The summed E-state index contributed by atoms with van der Waals surface area (Å²) in [6.07, 6.45) is -4.44. The number of rotatable bonds is 6. The Labute approximate surface area is 190 Å². The van der Waals surface area contributed by atoms with E-state index >= 15 is 0 Å². The molecule has 0 bridgehead atoms. The standard InChI is InChI=1S/C26H24F3NO3/c1-2-32-25(31)22-17-33-30(24(22)20-13-15-21(16-14-20)26(27,28)29)23(18-9-5-3-6-10-18)19-11-7-4-8-12-19/h3-16,22-24H,2,17H2,1H3. The topological polar surface area (TPSA) is 38.8 Å². The van der Waals surface area contributed by atoms with Gasteiger partial charge in [0, 0.05) is 0 Å². The van der Waals surface area contributed by atoms with Gasteiger partial charge in [-0.1, -0.05) is 72.8 Å². The van der Waals surface area contributed by atoms with Crippen LogP contribution >= 0.6 is 0 Å². The maximum Gasteiger partial charge on any atom is 0.416 e. The normalized spacial score (nSPS) is 19.1. The van der Waals surface area contributed by atoms with Gasteiger partial charge in [0.25, 0.3) is 0 Å². The molecule has 3 aromatic carbocycles. The van der Waals surface area contributed by atoms with Crippen molar-refractivity contribution in [2.45, 2.75) is 25.2 Å². The van der Waals surface area contributed by atoms with Crippen LogP contribution in [-0.2, 0) is 20.5 Å². The maximum atomic E-state index is 13.1. The molecule has 0 aromatic heterocycles. The lowest BCUT2D eigenvalue weighted by molar-refractivity contribution is -0.156. The van der Waals surface area contributed by atoms with Crippen LogP contribution in [0.25, 0.3) is 0 Å². The Hall–Kier alpha value is -3.16. The zero-order chi connectivity index (χ0) is 23.4. The molecule has 0 N–H and O–H groups in total. The molecule has 2 unspecified atom stereocenters. The number of alkyl halides is 3. The molecule has 1 aliphatic heterocycles. The molecular weight excluding hydrogens is 431 g/mol. The van der Waals surface area contributed by atoms with E-state index in [4.69, 9.17) is 9.57 Å². The first-order valence-electron chi connectivity index (χ1n) is 10.7. The highest BCUT2D eigenvalue weighted by Gasteiger charge is 2.46. The molecule has 1 aliphatic rings. The van der Waals surface area contributed by atoms with Crippen molar-refractivity contribution < 1.29 is 27.5 Å². The molecule has 1 saturated heterocycles. The molecule has 1 fully saturated rings. The number of hydrogen-bond donors (Lipinski definition) is 0. The summed E-state index contributed by atoms with van der Waals surface area (Å²) < 4.78 is 44.7. The van der Waals surface area contributed by atoms with Gasteiger partial charge in [-0.25, -0.2) is 0 Å². The van der Waals surface area contributed by atoms with E-state index in [0.717, 1.165) is 23.3 Å². The van der Waals surface area contributed by atoms with Crippen molar-refractivity contribution in [1.29, 1.82) is 0 Å². The lowest BCUT2D eigenvalue weighted by Crippen LogP contribution is -2.32. The molecule has 4 rings (SSSR count). The lowest BCUT2D eigenvalue weighted by Gasteiger charge is -2.33. The molecule has 0 saturated carbocycles. The third kappa shape index (κ3) is 4.94. The molecular formula is C26H24F3NO3. The first-order chi connectivity index (χ1) is 15.9. The van der Waals surface area contributed by atoms with Crippen LogP contribution in [0.5, 0.6) is 0 Å². The molecule has 2 atom stereocenters. The Bertz CT molecular complexity index is 1020. The van der Waals surface area contributed by atoms with Crippen molar-refractivity contribution in [3.63, 3.8) is 0 Å². The highest BCUT2D eigenvalue weighted by molar-refractivity contribution is 5.74. The molecule has 0 aliphatic carbocycles. The fraction of sp³-hybridized carbons (Fsp3) is 0.269. The van der Waals surface area contributed by atoms with Crippen LogP contribution in [0.3, 0.4) is 0 Å². The minimum absolute atomic E-state index is 0.0701. The number of hydroxylamine groups is 2. The smallest absolute Gasteiger partial charge is 0.416 e. The number of hydrogen-bond acceptors (Lipinski definition) is 4. The Morgan fingerprint density at radius 1 is 0.970 bits per heavy atom. The van der Waals surface area contributed by atoms with Gasteiger partial charge in [0.15, 0.2) is 0 Å². The van der Waals surface area contributed by atoms with E-state index in [1.54, 1.807) is 12.0 Å². The monoisotopic (exact) mass is 455 g/mol. The van der Waals surface area contributed by atoms with E-state index < -0.39 is 29.7 Å². The lowest BCUT2D eigenvalue weighted by atomic mass is 9.90. The van der Waals surface area contributed by atoms with Gasteiger partial charge in [-0.05, 0) is 35.7 Å². The maximum absolute atomic E-state index is 13.1. The average molecular weight is 455 g/mol. The summed E-state index contributed by atoms with van der Waals surface area (Å²) in [4.78, 5) is 18.9. The van der Waals surface area contributed by atoms with Gasteiger partial charge >= 0.3 is 12.1 Å². The second-order valence-corrected chi connectivity index (χ2v) is 7.80. The van der Waals surface area contributed by atoms with Gasteiger partial charge < -0.3 is 4.74 Å². The molecule has 1 heterocycles. The van der Waals surface area contributed by atoms with Crippen LogP contribution in [0.4, 0.5) is 13.2 Å². The first kappa shape index (κ1) is 23.0. The molecule has 0 spiro atoms. The Morgan fingerprint density at radius 3 is 2.00 bits per heavy atom. The van der Waals surface area contributed by atoms with Gasteiger partial charge in [-0.3, -0.25) is 9.63 Å². The van der Waals surface area contributed by atoms with E-state index in [-0.39, 0.29) is 19.3 Å². The zero-order valence-corrected chi connectivity index (χ0v) is 18.0. The largest absolute Gasteiger partial charge is 0.466 e. The van der Waals surface area contributed by atoms with Gasteiger partial charge in [0.05, 0.1) is 30.9 Å². The van der Waals surface area contributed by atoms with Gasteiger partial charge in [0.2, 0.25) is 0 Å². The number of benzene rings is 3. The van der Waals surface area contributed by atoms with Crippen molar-refractivity contribution >= 4 is 5.97 Å². The second kappa shape index (κ2) is 9.77. The zero-order valence-electron chi connectivity index (χ0n) is 18.0.